The fourth-order valence-corrected chi connectivity index (χ4v) is 3.64. The number of carbonyl (C=O) groups is 2. The highest BCUT2D eigenvalue weighted by Crippen LogP contribution is 2.27. The third kappa shape index (κ3) is 4.84. The van der Waals surface area contributed by atoms with Crippen molar-refractivity contribution in [3.8, 4) is 6.07 Å². The fraction of sp³-hybridized carbons (Fsp3) is 0.500. The highest BCUT2D eigenvalue weighted by atomic mass is 32.2. The molecule has 1 aromatic carbocycles. The van der Waals surface area contributed by atoms with Crippen LogP contribution in [0.5, 0.6) is 0 Å². The van der Waals surface area contributed by atoms with E-state index < -0.39 is 44.0 Å². The van der Waals surface area contributed by atoms with Crippen molar-refractivity contribution >= 4 is 21.7 Å². The second kappa shape index (κ2) is 8.65. The van der Waals surface area contributed by atoms with Crippen LogP contribution in [0, 0.1) is 11.3 Å². The molecule has 1 unspecified atom stereocenters. The summed E-state index contributed by atoms with van der Waals surface area (Å²) in [6.45, 7) is 1.34. The van der Waals surface area contributed by atoms with Crippen molar-refractivity contribution in [2.75, 3.05) is 0 Å². The smallest absolute Gasteiger partial charge is 0.341 e. The molecule has 0 spiro atoms. The van der Waals surface area contributed by atoms with E-state index >= 15 is 0 Å². The van der Waals surface area contributed by atoms with E-state index in [1.165, 1.54) is 6.92 Å². The Morgan fingerprint density at radius 1 is 1.18 bits per heavy atom. The van der Waals surface area contributed by atoms with Crippen molar-refractivity contribution in [1.82, 2.24) is 5.32 Å². The number of nitrogens with one attached hydrogen (secondary N) is 1. The molecule has 1 fully saturated rings. The topological polar surface area (TPSA) is 113 Å². The molecule has 0 aliphatic heterocycles. The Bertz CT molecular complexity index is 872. The number of hydrogen-bond acceptors (Lipinski definition) is 6. The van der Waals surface area contributed by atoms with E-state index in [9.17, 15) is 32.0 Å². The molecule has 0 heterocycles. The number of ether oxygens (including phenoxy) is 1. The minimum atomic E-state index is -4.76. The quantitative estimate of drug-likeness (QED) is 0.716. The first-order valence-corrected chi connectivity index (χ1v) is 10.2. The Kier molecular flexibility index (Phi) is 6.72. The molecule has 1 atom stereocenters. The van der Waals surface area contributed by atoms with Gasteiger partial charge in [0.05, 0.1) is 16.5 Å². The van der Waals surface area contributed by atoms with Crippen LogP contribution in [-0.4, -0.2) is 37.7 Å². The van der Waals surface area contributed by atoms with Gasteiger partial charge >= 0.3 is 11.7 Å². The summed E-state index contributed by atoms with van der Waals surface area (Å²) in [5.41, 5.74) is -1.07. The van der Waals surface area contributed by atoms with Gasteiger partial charge in [-0.3, -0.25) is 4.79 Å². The summed E-state index contributed by atoms with van der Waals surface area (Å²) in [7, 11) is -4.76. The number of esters is 1. The second-order valence-corrected chi connectivity index (χ2v) is 8.54. The van der Waals surface area contributed by atoms with Crippen molar-refractivity contribution in [1.29, 1.82) is 5.26 Å². The maximum absolute atomic E-state index is 12.5. The minimum absolute atomic E-state index is 0.0967. The number of sulfone groups is 1. The molecule has 1 aliphatic carbocycles. The SMILES string of the molecule is CC(OC(=O)c1ccc(S(=O)(=O)C(F)F)cc1)C(=O)NC1(C#N)CCCCC1. The van der Waals surface area contributed by atoms with Crippen LogP contribution in [0.25, 0.3) is 0 Å². The zero-order valence-corrected chi connectivity index (χ0v) is 16.0. The third-order valence-corrected chi connectivity index (χ3v) is 5.99. The molecule has 0 saturated heterocycles. The number of nitrogens with zero attached hydrogens (tertiary/aromatic N) is 1. The number of hydrogen-bond donors (Lipinski definition) is 1. The van der Waals surface area contributed by atoms with Crippen molar-refractivity contribution in [3.05, 3.63) is 29.8 Å². The molecule has 2 rings (SSSR count). The second-order valence-electron chi connectivity index (χ2n) is 6.62. The summed E-state index contributed by atoms with van der Waals surface area (Å²) in [6.07, 6.45) is 2.47. The van der Waals surface area contributed by atoms with Crippen molar-refractivity contribution in [2.24, 2.45) is 0 Å². The number of carbonyl (C=O) groups excluding carboxylic acids is 2. The van der Waals surface area contributed by atoms with E-state index in [1.807, 2.05) is 0 Å². The molecule has 1 amide bonds. The number of nitriles is 1. The molecule has 7 nitrogen and oxygen atoms in total. The van der Waals surface area contributed by atoms with E-state index in [0.717, 1.165) is 43.5 Å². The summed E-state index contributed by atoms with van der Waals surface area (Å²) >= 11 is 0. The fourth-order valence-electron chi connectivity index (χ4n) is 2.92. The van der Waals surface area contributed by atoms with Crippen LogP contribution in [0.15, 0.2) is 29.2 Å². The molecule has 152 valence electrons. The molecule has 1 saturated carbocycles. The van der Waals surface area contributed by atoms with Crippen LogP contribution in [0.1, 0.15) is 49.4 Å². The average Bonchev–Trinajstić information content (AvgIpc) is 2.68. The molecule has 0 bridgehead atoms. The van der Waals surface area contributed by atoms with Gasteiger partial charge in [0.2, 0.25) is 9.84 Å². The first-order chi connectivity index (χ1) is 13.1. The van der Waals surface area contributed by atoms with E-state index in [4.69, 9.17) is 4.74 Å². The lowest BCUT2D eigenvalue weighted by molar-refractivity contribution is -0.130. The van der Waals surface area contributed by atoms with Crippen molar-refractivity contribution in [3.63, 3.8) is 0 Å². The Labute approximate surface area is 161 Å². The summed E-state index contributed by atoms with van der Waals surface area (Å²) in [5.74, 6) is -5.10. The predicted molar refractivity (Wildman–Crippen MR) is 94.1 cm³/mol. The number of benzene rings is 1. The van der Waals surface area contributed by atoms with Gasteiger partial charge in [0.1, 0.15) is 5.54 Å². The zero-order chi connectivity index (χ0) is 20.9. The van der Waals surface area contributed by atoms with Gasteiger partial charge in [-0.05, 0) is 44.0 Å². The Balaban J connectivity index is 2.02. The highest BCUT2D eigenvalue weighted by Gasteiger charge is 2.35. The lowest BCUT2D eigenvalue weighted by Gasteiger charge is -2.32. The Morgan fingerprint density at radius 3 is 2.25 bits per heavy atom. The van der Waals surface area contributed by atoms with Crippen LogP contribution >= 0.6 is 0 Å². The van der Waals surface area contributed by atoms with Gasteiger partial charge in [-0.1, -0.05) is 19.3 Å². The number of alkyl halides is 2. The Morgan fingerprint density at radius 2 is 1.75 bits per heavy atom. The molecule has 10 heteroatoms. The van der Waals surface area contributed by atoms with Crippen LogP contribution in [0.2, 0.25) is 0 Å². The molecule has 0 aromatic heterocycles. The molecular weight excluding hydrogens is 394 g/mol. The van der Waals surface area contributed by atoms with Crippen LogP contribution in [0.3, 0.4) is 0 Å². The number of amides is 1. The zero-order valence-electron chi connectivity index (χ0n) is 15.2. The first kappa shape index (κ1) is 21.8. The molecule has 1 N–H and O–H groups in total. The van der Waals surface area contributed by atoms with Crippen molar-refractivity contribution < 1.29 is 31.5 Å². The average molecular weight is 414 g/mol. The van der Waals surface area contributed by atoms with Crippen LogP contribution in [0.4, 0.5) is 8.78 Å². The summed E-state index contributed by atoms with van der Waals surface area (Å²) in [5, 5.41) is 12.0. The Hall–Kier alpha value is -2.54. The highest BCUT2D eigenvalue weighted by molar-refractivity contribution is 7.91. The lowest BCUT2D eigenvalue weighted by atomic mass is 9.83. The number of halogens is 2. The maximum Gasteiger partial charge on any atom is 0.341 e. The lowest BCUT2D eigenvalue weighted by Crippen LogP contribution is -2.52. The molecule has 28 heavy (non-hydrogen) atoms. The summed E-state index contributed by atoms with van der Waals surface area (Å²) in [6, 6.07) is 5.92. The number of rotatable bonds is 6. The third-order valence-electron chi connectivity index (χ3n) is 4.59. The maximum atomic E-state index is 12.5. The first-order valence-electron chi connectivity index (χ1n) is 8.68. The van der Waals surface area contributed by atoms with E-state index in [0.29, 0.717) is 12.8 Å². The molecule has 0 radical (unpaired) electrons. The normalized spacial score (nSPS) is 17.4. The van der Waals surface area contributed by atoms with E-state index in [1.54, 1.807) is 0 Å². The van der Waals surface area contributed by atoms with Gasteiger partial charge in [0.15, 0.2) is 6.10 Å². The molecular formula is C18H20F2N2O5S. The van der Waals surface area contributed by atoms with Gasteiger partial charge in [0, 0.05) is 0 Å². The van der Waals surface area contributed by atoms with Gasteiger partial charge in [-0.15, -0.1) is 0 Å². The van der Waals surface area contributed by atoms with E-state index in [2.05, 4.69) is 11.4 Å². The van der Waals surface area contributed by atoms with Gasteiger partial charge < -0.3 is 10.1 Å². The summed E-state index contributed by atoms with van der Waals surface area (Å²) in [4.78, 5) is 23.8. The van der Waals surface area contributed by atoms with Gasteiger partial charge in [0.25, 0.3) is 5.91 Å². The molecule has 1 aromatic rings. The molecule has 1 aliphatic rings. The standard InChI is InChI=1S/C18H20F2N2O5S/c1-12(15(23)22-18(11-21)9-3-2-4-10-18)27-16(24)13-5-7-14(8-6-13)28(25,26)17(19)20/h5-8,12,17H,2-4,9-10H2,1H3,(H,22,23). The summed E-state index contributed by atoms with van der Waals surface area (Å²) < 4.78 is 52.9. The van der Waals surface area contributed by atoms with Crippen molar-refractivity contribution in [2.45, 2.75) is 61.3 Å². The van der Waals surface area contributed by atoms with Crippen LogP contribution in [-0.2, 0) is 19.4 Å². The van der Waals surface area contributed by atoms with Gasteiger partial charge in [-0.2, -0.15) is 14.0 Å². The van der Waals surface area contributed by atoms with E-state index in [-0.39, 0.29) is 5.56 Å². The largest absolute Gasteiger partial charge is 0.449 e. The van der Waals surface area contributed by atoms with Crippen LogP contribution < -0.4 is 5.32 Å². The predicted octanol–water partition coefficient (Wildman–Crippen LogP) is 2.57. The monoisotopic (exact) mass is 414 g/mol. The minimum Gasteiger partial charge on any atom is -0.449 e. The van der Waals surface area contributed by atoms with Gasteiger partial charge in [-0.25, -0.2) is 13.2 Å².